The van der Waals surface area contributed by atoms with Crippen LogP contribution in [0.5, 0.6) is 0 Å². The minimum Gasteiger partial charge on any atom is -0.462 e. The third-order valence-corrected chi connectivity index (χ3v) is 10.3. The number of unbranched alkanes of at least 4 members (excludes halogenated alkanes) is 18. The molecule has 56 heavy (non-hydrogen) atoms. The van der Waals surface area contributed by atoms with Crippen molar-refractivity contribution in [2.24, 2.45) is 0 Å². The number of nitrogens with zero attached hydrogens (tertiary/aromatic N) is 1. The van der Waals surface area contributed by atoms with Gasteiger partial charge in [-0.1, -0.05) is 146 Å². The highest BCUT2D eigenvalue weighted by atomic mass is 31.2. The van der Waals surface area contributed by atoms with Crippen molar-refractivity contribution in [3.05, 3.63) is 48.6 Å². The number of hydrogen-bond acceptors (Lipinski definition) is 7. The number of carbonyl (C=O) groups is 2. The predicted molar refractivity (Wildman–Crippen MR) is 233 cm³/mol. The standard InChI is InChI=1S/C46H84NO8P/c1-6-8-10-12-14-16-18-20-22-23-25-27-29-31-33-35-37-39-46(49)55-44(43-54-56(50,51)53-41-40-47(3,4)5)42-52-45(48)38-36-34-32-30-28-26-24-21-19-17-15-13-11-9-7-2/h9,11,15,17,20-22,24,44H,6-8,10,12-14,16,18-19,23,25-43H2,1-5H3/p+1/b11-9+,17-15+,22-20+,24-21+/t44-/m1/s1. The van der Waals surface area contributed by atoms with E-state index in [9.17, 15) is 19.0 Å². The Bertz CT molecular complexity index is 1100. The lowest BCUT2D eigenvalue weighted by Gasteiger charge is -2.24. The van der Waals surface area contributed by atoms with Crippen LogP contribution in [0.3, 0.4) is 0 Å². The van der Waals surface area contributed by atoms with E-state index in [0.29, 0.717) is 17.4 Å². The first-order valence-corrected chi connectivity index (χ1v) is 23.9. The van der Waals surface area contributed by atoms with E-state index in [1.54, 1.807) is 0 Å². The number of likely N-dealkylation sites (N-methyl/N-ethyl adjacent to an activating group) is 1. The Morgan fingerprint density at radius 1 is 0.571 bits per heavy atom. The van der Waals surface area contributed by atoms with Crippen molar-refractivity contribution >= 4 is 19.8 Å². The lowest BCUT2D eigenvalue weighted by atomic mass is 10.1. The van der Waals surface area contributed by atoms with Crippen molar-refractivity contribution in [2.75, 3.05) is 47.5 Å². The number of carbonyl (C=O) groups excluding carboxylic acids is 2. The van der Waals surface area contributed by atoms with Crippen LogP contribution in [-0.4, -0.2) is 74.9 Å². The first-order chi connectivity index (χ1) is 27.0. The Morgan fingerprint density at radius 3 is 1.54 bits per heavy atom. The topological polar surface area (TPSA) is 108 Å². The van der Waals surface area contributed by atoms with Crippen molar-refractivity contribution in [3.8, 4) is 0 Å². The van der Waals surface area contributed by atoms with E-state index >= 15 is 0 Å². The number of phosphoric acid groups is 1. The molecule has 2 atom stereocenters. The molecule has 0 aromatic heterocycles. The molecule has 10 heteroatoms. The van der Waals surface area contributed by atoms with Crippen molar-refractivity contribution < 1.29 is 42.1 Å². The zero-order valence-corrected chi connectivity index (χ0v) is 37.5. The Morgan fingerprint density at radius 2 is 1.02 bits per heavy atom. The molecule has 0 aliphatic heterocycles. The van der Waals surface area contributed by atoms with Crippen molar-refractivity contribution in [3.63, 3.8) is 0 Å². The van der Waals surface area contributed by atoms with Gasteiger partial charge in [0.2, 0.25) is 0 Å². The molecule has 0 radical (unpaired) electrons. The lowest BCUT2D eigenvalue weighted by Crippen LogP contribution is -2.37. The molecule has 0 fully saturated rings. The average Bonchev–Trinajstić information content (AvgIpc) is 3.15. The summed E-state index contributed by atoms with van der Waals surface area (Å²) < 4.78 is 34.3. The first kappa shape index (κ1) is 54.0. The van der Waals surface area contributed by atoms with E-state index in [0.717, 1.165) is 83.5 Å². The summed E-state index contributed by atoms with van der Waals surface area (Å²) in [6.07, 6.45) is 44.4. The summed E-state index contributed by atoms with van der Waals surface area (Å²) in [5.41, 5.74) is 0. The Labute approximate surface area is 343 Å². The SMILES string of the molecule is CC/C=C/C/C=C/C/C=C/CCCCCCCC(=O)OC[C@H](COP(=O)(O)OCC[N+](C)(C)C)OC(=O)CCCCCCCCC/C=C/CCCCCCCC. The van der Waals surface area contributed by atoms with Gasteiger partial charge in [-0.05, 0) is 70.6 Å². The number of ether oxygens (including phenoxy) is 2. The second-order valence-electron chi connectivity index (χ2n) is 16.0. The van der Waals surface area contributed by atoms with Crippen LogP contribution in [0.15, 0.2) is 48.6 Å². The second-order valence-corrected chi connectivity index (χ2v) is 17.5. The molecule has 0 rings (SSSR count). The molecule has 0 amide bonds. The molecule has 0 aliphatic rings. The minimum atomic E-state index is -4.38. The number of allylic oxidation sites excluding steroid dienone is 8. The highest BCUT2D eigenvalue weighted by Gasteiger charge is 2.27. The third-order valence-electron chi connectivity index (χ3n) is 9.34. The highest BCUT2D eigenvalue weighted by molar-refractivity contribution is 7.47. The normalized spacial score (nSPS) is 14.0. The number of quaternary nitrogens is 1. The van der Waals surface area contributed by atoms with E-state index in [4.69, 9.17) is 18.5 Å². The van der Waals surface area contributed by atoms with Crippen LogP contribution in [0.2, 0.25) is 0 Å². The predicted octanol–water partition coefficient (Wildman–Crippen LogP) is 12.7. The van der Waals surface area contributed by atoms with E-state index in [2.05, 4.69) is 62.5 Å². The number of esters is 2. The summed E-state index contributed by atoms with van der Waals surface area (Å²) in [4.78, 5) is 35.4. The Hall–Kier alpha value is -2.03. The van der Waals surface area contributed by atoms with Crippen LogP contribution in [0, 0.1) is 0 Å². The number of phosphoric ester groups is 1. The smallest absolute Gasteiger partial charge is 0.462 e. The van der Waals surface area contributed by atoms with Gasteiger partial charge in [-0.3, -0.25) is 18.6 Å². The summed E-state index contributed by atoms with van der Waals surface area (Å²) in [7, 11) is 1.46. The number of hydrogen-bond donors (Lipinski definition) is 1. The molecule has 0 aromatic carbocycles. The molecule has 1 unspecified atom stereocenters. The minimum absolute atomic E-state index is 0.0266. The van der Waals surface area contributed by atoms with Crippen LogP contribution in [-0.2, 0) is 32.7 Å². The van der Waals surface area contributed by atoms with Crippen LogP contribution in [0.25, 0.3) is 0 Å². The molecule has 0 saturated heterocycles. The van der Waals surface area contributed by atoms with Crippen molar-refractivity contribution in [1.82, 2.24) is 0 Å². The average molecular weight is 811 g/mol. The van der Waals surface area contributed by atoms with Gasteiger partial charge in [-0.2, -0.15) is 0 Å². The van der Waals surface area contributed by atoms with Crippen LogP contribution in [0.4, 0.5) is 0 Å². The van der Waals surface area contributed by atoms with Crippen LogP contribution >= 0.6 is 7.82 Å². The van der Waals surface area contributed by atoms with Gasteiger partial charge < -0.3 is 18.9 Å². The zero-order valence-electron chi connectivity index (χ0n) is 36.6. The molecule has 9 nitrogen and oxygen atoms in total. The molecule has 0 aromatic rings. The summed E-state index contributed by atoms with van der Waals surface area (Å²) in [5, 5.41) is 0. The maximum absolute atomic E-state index is 12.7. The fourth-order valence-electron chi connectivity index (χ4n) is 5.85. The maximum Gasteiger partial charge on any atom is 0.472 e. The van der Waals surface area contributed by atoms with Gasteiger partial charge in [0.25, 0.3) is 0 Å². The monoisotopic (exact) mass is 811 g/mol. The van der Waals surface area contributed by atoms with Gasteiger partial charge in [0.15, 0.2) is 6.10 Å². The van der Waals surface area contributed by atoms with Crippen LogP contribution < -0.4 is 0 Å². The summed E-state index contributed by atoms with van der Waals surface area (Å²) in [6, 6.07) is 0. The summed E-state index contributed by atoms with van der Waals surface area (Å²) in [6.45, 7) is 4.28. The molecular formula is C46H85NO8P+. The number of rotatable bonds is 40. The molecule has 0 heterocycles. The quantitative estimate of drug-likeness (QED) is 0.0214. The fraction of sp³-hybridized carbons (Fsp3) is 0.783. The van der Waals surface area contributed by atoms with Crippen LogP contribution in [0.1, 0.15) is 181 Å². The van der Waals surface area contributed by atoms with Gasteiger partial charge in [-0.25, -0.2) is 4.57 Å². The molecular weight excluding hydrogens is 725 g/mol. The van der Waals surface area contributed by atoms with E-state index in [-0.39, 0.29) is 32.0 Å². The van der Waals surface area contributed by atoms with E-state index in [1.807, 2.05) is 21.1 Å². The first-order valence-electron chi connectivity index (χ1n) is 22.4. The van der Waals surface area contributed by atoms with Crippen molar-refractivity contribution in [1.29, 1.82) is 0 Å². The molecule has 0 saturated carbocycles. The van der Waals surface area contributed by atoms with Gasteiger partial charge in [0.05, 0.1) is 27.7 Å². The largest absolute Gasteiger partial charge is 0.472 e. The van der Waals surface area contributed by atoms with E-state index in [1.165, 1.54) is 64.2 Å². The summed E-state index contributed by atoms with van der Waals surface area (Å²) >= 11 is 0. The van der Waals surface area contributed by atoms with Crippen molar-refractivity contribution in [2.45, 2.75) is 187 Å². The van der Waals surface area contributed by atoms with Gasteiger partial charge in [-0.15, -0.1) is 0 Å². The molecule has 0 aliphatic carbocycles. The molecule has 326 valence electrons. The van der Waals surface area contributed by atoms with E-state index < -0.39 is 26.5 Å². The Balaban J connectivity index is 4.38. The Kier molecular flexibility index (Phi) is 37.1. The van der Waals surface area contributed by atoms with Gasteiger partial charge in [0, 0.05) is 12.8 Å². The maximum atomic E-state index is 12.7. The lowest BCUT2D eigenvalue weighted by molar-refractivity contribution is -0.870. The van der Waals surface area contributed by atoms with Gasteiger partial charge >= 0.3 is 19.8 Å². The summed E-state index contributed by atoms with van der Waals surface area (Å²) in [5.74, 6) is -0.824. The van der Waals surface area contributed by atoms with Gasteiger partial charge in [0.1, 0.15) is 19.8 Å². The third kappa shape index (κ3) is 41.6. The zero-order chi connectivity index (χ0) is 41.4. The molecule has 0 spiro atoms. The highest BCUT2D eigenvalue weighted by Crippen LogP contribution is 2.43. The fourth-order valence-corrected chi connectivity index (χ4v) is 6.59. The molecule has 1 N–H and O–H groups in total. The second kappa shape index (κ2) is 38.5. The molecule has 0 bridgehead atoms.